The zero-order valence-electron chi connectivity index (χ0n) is 26.7. The Morgan fingerprint density at radius 2 is 1.79 bits per heavy atom. The standard InChI is InChI=1S/C31H30BClF2N6O11/c33-22-17(13-19(35)24(43)25(22)44)23(27(45)38-20-11-14-5-6-18(34)21(28(46)47)26(14)52-32(20)51)39-30(49)41-10-9-40(31(41)50)8-2-7-36-29(48)37-15-3-1-4-16(42)12-15/h1,3-6,12-13,20,23,42-44,51H,2,7-11H2,(H,38,45)(H,39,49)(H,46,47)(H2,36,37,48)/t20-,23+/m0/s1. The van der Waals surface area contributed by atoms with Gasteiger partial charge in [0, 0.05) is 43.5 Å². The van der Waals surface area contributed by atoms with E-state index in [0.29, 0.717) is 11.8 Å². The number of aromatic carboxylic acids is 1. The second-order valence-corrected chi connectivity index (χ2v) is 12.0. The summed E-state index contributed by atoms with van der Waals surface area (Å²) in [6.07, 6.45) is -0.0187. The second kappa shape index (κ2) is 15.5. The average Bonchev–Trinajstić information content (AvgIpc) is 3.46. The van der Waals surface area contributed by atoms with E-state index < -0.39 is 94.1 Å². The van der Waals surface area contributed by atoms with E-state index in [0.717, 1.165) is 11.0 Å². The van der Waals surface area contributed by atoms with Gasteiger partial charge in [-0.1, -0.05) is 23.7 Å². The van der Waals surface area contributed by atoms with Crippen molar-refractivity contribution in [1.29, 1.82) is 0 Å². The number of hydrogen-bond donors (Lipinski definition) is 9. The van der Waals surface area contributed by atoms with E-state index in [1.165, 1.54) is 23.1 Å². The molecular weight excluding hydrogens is 717 g/mol. The molecule has 5 rings (SSSR count). The number of aromatic hydroxyl groups is 3. The topological polar surface area (TPSA) is 250 Å². The van der Waals surface area contributed by atoms with Gasteiger partial charge in [-0.15, -0.1) is 0 Å². The van der Waals surface area contributed by atoms with Crippen LogP contribution in [0, 0.1) is 11.6 Å². The van der Waals surface area contributed by atoms with Gasteiger partial charge < -0.3 is 56.3 Å². The first-order chi connectivity index (χ1) is 24.7. The lowest BCUT2D eigenvalue weighted by Crippen LogP contribution is -2.56. The molecule has 0 aliphatic carbocycles. The fourth-order valence-corrected chi connectivity index (χ4v) is 5.81. The summed E-state index contributed by atoms with van der Waals surface area (Å²) in [5, 5.41) is 58.5. The van der Waals surface area contributed by atoms with Crippen LogP contribution >= 0.6 is 11.6 Å². The third kappa shape index (κ3) is 7.97. The van der Waals surface area contributed by atoms with E-state index in [4.69, 9.17) is 16.3 Å². The Hall–Kier alpha value is -6.02. The number of phenols is 3. The van der Waals surface area contributed by atoms with Crippen molar-refractivity contribution in [2.75, 3.05) is 31.5 Å². The highest BCUT2D eigenvalue weighted by Gasteiger charge is 2.42. The molecule has 0 unspecified atom stereocenters. The maximum absolute atomic E-state index is 14.6. The monoisotopic (exact) mass is 746 g/mol. The van der Waals surface area contributed by atoms with Gasteiger partial charge in [-0.05, 0) is 42.7 Å². The molecule has 7 amide bonds. The van der Waals surface area contributed by atoms with Gasteiger partial charge in [0.05, 0.1) is 11.0 Å². The van der Waals surface area contributed by atoms with Gasteiger partial charge in [0.25, 0.3) is 0 Å². The van der Waals surface area contributed by atoms with E-state index in [1.807, 2.05) is 0 Å². The second-order valence-electron chi connectivity index (χ2n) is 11.6. The molecule has 0 spiro atoms. The lowest BCUT2D eigenvalue weighted by molar-refractivity contribution is -0.123. The van der Waals surface area contributed by atoms with Crippen LogP contribution in [0.1, 0.15) is 33.9 Å². The number of anilines is 1. The van der Waals surface area contributed by atoms with E-state index in [9.17, 15) is 58.2 Å². The van der Waals surface area contributed by atoms with Crippen LogP contribution < -0.4 is 25.9 Å². The minimum absolute atomic E-state index is 0.0393. The number of carbonyl (C=O) groups is 5. The fourth-order valence-electron chi connectivity index (χ4n) is 5.55. The van der Waals surface area contributed by atoms with Crippen LogP contribution in [0.25, 0.3) is 0 Å². The Morgan fingerprint density at radius 1 is 1.04 bits per heavy atom. The summed E-state index contributed by atoms with van der Waals surface area (Å²) in [6, 6.07) is 4.05. The number of halogens is 3. The zero-order chi connectivity index (χ0) is 37.9. The van der Waals surface area contributed by atoms with Crippen LogP contribution in [-0.4, -0.2) is 104 Å². The molecule has 1 fully saturated rings. The van der Waals surface area contributed by atoms with Gasteiger partial charge in [0.2, 0.25) is 5.91 Å². The lowest BCUT2D eigenvalue weighted by Gasteiger charge is -2.31. The van der Waals surface area contributed by atoms with Crippen molar-refractivity contribution in [3.63, 3.8) is 0 Å². The Balaban J connectivity index is 1.26. The van der Waals surface area contributed by atoms with Crippen LogP contribution in [0.3, 0.4) is 0 Å². The van der Waals surface area contributed by atoms with Gasteiger partial charge >= 0.3 is 31.2 Å². The van der Waals surface area contributed by atoms with Gasteiger partial charge in [-0.25, -0.2) is 32.9 Å². The smallest absolute Gasteiger partial charge is 0.534 e. The normalized spacial score (nSPS) is 15.7. The predicted octanol–water partition coefficient (Wildman–Crippen LogP) is 2.27. The highest BCUT2D eigenvalue weighted by Crippen LogP contribution is 2.40. The molecule has 17 nitrogen and oxygen atoms in total. The molecule has 9 N–H and O–H groups in total. The van der Waals surface area contributed by atoms with Gasteiger partial charge in [0.1, 0.15) is 28.9 Å². The molecule has 2 atom stereocenters. The number of nitrogens with one attached hydrogen (secondary N) is 4. The van der Waals surface area contributed by atoms with Gasteiger partial charge in [0.15, 0.2) is 17.3 Å². The molecule has 21 heteroatoms. The van der Waals surface area contributed by atoms with Crippen molar-refractivity contribution in [1.82, 2.24) is 25.8 Å². The van der Waals surface area contributed by atoms with Crippen molar-refractivity contribution in [3.05, 3.63) is 75.8 Å². The first-order valence-electron chi connectivity index (χ1n) is 15.5. The molecule has 2 aliphatic heterocycles. The Kier molecular flexibility index (Phi) is 11.1. The largest absolute Gasteiger partial charge is 0.547 e. The van der Waals surface area contributed by atoms with E-state index in [2.05, 4.69) is 21.3 Å². The first-order valence-corrected chi connectivity index (χ1v) is 15.8. The number of urea groups is 3. The molecule has 2 heterocycles. The molecule has 0 bridgehead atoms. The van der Waals surface area contributed by atoms with Crippen molar-refractivity contribution in [3.8, 4) is 23.0 Å². The number of carbonyl (C=O) groups excluding carboxylic acids is 4. The molecule has 0 aromatic heterocycles. The molecule has 2 aliphatic rings. The number of benzene rings is 3. The number of carboxylic acid groups (broad SMARTS) is 1. The zero-order valence-corrected chi connectivity index (χ0v) is 27.5. The number of amides is 7. The highest BCUT2D eigenvalue weighted by atomic mass is 35.5. The number of nitrogens with zero attached hydrogens (tertiary/aromatic N) is 2. The predicted molar refractivity (Wildman–Crippen MR) is 177 cm³/mol. The number of carboxylic acids is 1. The number of fused-ring (bicyclic) bond motifs is 1. The maximum atomic E-state index is 14.6. The fraction of sp³-hybridized carbons (Fsp3) is 0.258. The quantitative estimate of drug-likeness (QED) is 0.0827. The Bertz CT molecular complexity index is 1940. The van der Waals surface area contributed by atoms with Crippen LogP contribution in [0.5, 0.6) is 23.0 Å². The number of hydrogen-bond acceptors (Lipinski definition) is 10. The third-order valence-corrected chi connectivity index (χ3v) is 8.52. The molecule has 52 heavy (non-hydrogen) atoms. The average molecular weight is 747 g/mol. The molecule has 274 valence electrons. The van der Waals surface area contributed by atoms with Crippen molar-refractivity contribution in [2.24, 2.45) is 0 Å². The van der Waals surface area contributed by atoms with Crippen LogP contribution in [-0.2, 0) is 11.2 Å². The number of imide groups is 1. The van der Waals surface area contributed by atoms with Crippen molar-refractivity contribution in [2.45, 2.75) is 24.8 Å². The summed E-state index contributed by atoms with van der Waals surface area (Å²) in [6.45, 7) is 0.154. The SMILES string of the molecule is O=C(NCCCN1CCN(C(=O)N[C@@H](C(=O)N[C@H]2Cc3ccc(F)c(C(=O)O)c3OB2O)c2cc(F)c(O)c(O)c2Cl)C1=O)Nc1cccc(O)c1. The molecular formula is C31H30BClF2N6O11. The van der Waals surface area contributed by atoms with E-state index in [-0.39, 0.29) is 50.3 Å². The van der Waals surface area contributed by atoms with E-state index in [1.54, 1.807) is 12.1 Å². The van der Waals surface area contributed by atoms with E-state index >= 15 is 0 Å². The van der Waals surface area contributed by atoms with Gasteiger partial charge in [-0.2, -0.15) is 0 Å². The minimum Gasteiger partial charge on any atom is -0.534 e. The summed E-state index contributed by atoms with van der Waals surface area (Å²) >= 11 is 6.14. The first kappa shape index (κ1) is 37.2. The van der Waals surface area contributed by atoms with Crippen molar-refractivity contribution < 1.29 is 62.9 Å². The molecule has 1 saturated heterocycles. The van der Waals surface area contributed by atoms with Gasteiger partial charge in [-0.3, -0.25) is 4.79 Å². The molecule has 0 radical (unpaired) electrons. The molecule has 0 saturated carbocycles. The summed E-state index contributed by atoms with van der Waals surface area (Å²) < 4.78 is 34.0. The minimum atomic E-state index is -1.96. The Labute approximate surface area is 297 Å². The highest BCUT2D eigenvalue weighted by molar-refractivity contribution is 6.47. The van der Waals surface area contributed by atoms with Crippen LogP contribution in [0.2, 0.25) is 5.02 Å². The van der Waals surface area contributed by atoms with Crippen LogP contribution in [0.4, 0.5) is 28.9 Å². The molecule has 3 aromatic carbocycles. The maximum Gasteiger partial charge on any atom is 0.547 e. The molecule has 3 aromatic rings. The third-order valence-electron chi connectivity index (χ3n) is 8.12. The van der Waals surface area contributed by atoms with Crippen LogP contribution in [0.15, 0.2) is 42.5 Å². The Morgan fingerprint density at radius 3 is 2.50 bits per heavy atom. The summed E-state index contributed by atoms with van der Waals surface area (Å²) in [5.74, 6) is -9.65. The number of phenolic OH excluding ortho intramolecular Hbond substituents is 3. The summed E-state index contributed by atoms with van der Waals surface area (Å²) in [4.78, 5) is 65.9. The summed E-state index contributed by atoms with van der Waals surface area (Å²) in [5.41, 5.74) is -0.950. The number of rotatable bonds is 10. The summed E-state index contributed by atoms with van der Waals surface area (Å²) in [7, 11) is -1.94. The van der Waals surface area contributed by atoms with Crippen molar-refractivity contribution >= 4 is 54.4 Å². The lowest BCUT2D eigenvalue weighted by atomic mass is 9.72.